The Morgan fingerprint density at radius 1 is 1.22 bits per heavy atom. The Morgan fingerprint density at radius 2 is 1.94 bits per heavy atom. The smallest absolute Gasteiger partial charge is 0.251 e. The maximum atomic E-state index is 12.6. The Balaban J connectivity index is 1.61. The molecular formula is C21H26N6O3S2. The molecule has 3 aromatic rings. The molecule has 1 unspecified atom stereocenters. The fourth-order valence-electron chi connectivity index (χ4n) is 2.92. The van der Waals surface area contributed by atoms with Crippen molar-refractivity contribution in [1.82, 2.24) is 25.1 Å². The minimum absolute atomic E-state index is 0.156. The number of hydrogen-bond acceptors (Lipinski definition) is 8. The predicted octanol–water partition coefficient (Wildman–Crippen LogP) is 3.60. The van der Waals surface area contributed by atoms with E-state index >= 15 is 0 Å². The van der Waals surface area contributed by atoms with Crippen molar-refractivity contribution in [3.8, 4) is 5.75 Å². The van der Waals surface area contributed by atoms with E-state index in [0.717, 1.165) is 10.6 Å². The number of anilines is 1. The number of hydrogen-bond donors (Lipinski definition) is 2. The second kappa shape index (κ2) is 10.6. The third-order valence-corrected chi connectivity index (χ3v) is 6.71. The number of aromatic nitrogens is 4. The van der Waals surface area contributed by atoms with Gasteiger partial charge in [0.05, 0.1) is 24.6 Å². The molecule has 2 heterocycles. The molecular weight excluding hydrogens is 448 g/mol. The molecule has 2 N–H and O–H groups in total. The second-order valence-corrected chi connectivity index (χ2v) is 9.15. The van der Waals surface area contributed by atoms with Crippen LogP contribution in [0.15, 0.2) is 29.4 Å². The number of carbonyl (C=O) groups excluding carboxylic acids is 2. The second-order valence-electron chi connectivity index (χ2n) is 7.01. The van der Waals surface area contributed by atoms with Gasteiger partial charge in [0.15, 0.2) is 16.1 Å². The Labute approximate surface area is 195 Å². The molecule has 0 spiro atoms. The molecule has 0 fully saturated rings. The van der Waals surface area contributed by atoms with E-state index < -0.39 is 0 Å². The number of ether oxygens (including phenoxy) is 1. The quantitative estimate of drug-likeness (QED) is 0.456. The van der Waals surface area contributed by atoms with Gasteiger partial charge in [0.1, 0.15) is 5.75 Å². The van der Waals surface area contributed by atoms with E-state index in [1.165, 1.54) is 23.1 Å². The van der Waals surface area contributed by atoms with Crippen molar-refractivity contribution in [3.63, 3.8) is 0 Å². The topological polar surface area (TPSA) is 111 Å². The average molecular weight is 475 g/mol. The van der Waals surface area contributed by atoms with Gasteiger partial charge in [-0.1, -0.05) is 11.8 Å². The highest BCUT2D eigenvalue weighted by molar-refractivity contribution is 7.99. The van der Waals surface area contributed by atoms with Crippen LogP contribution in [0.5, 0.6) is 5.75 Å². The van der Waals surface area contributed by atoms with E-state index in [1.807, 2.05) is 32.3 Å². The number of nitrogens with zero attached hydrogens (tertiary/aromatic N) is 4. The van der Waals surface area contributed by atoms with Crippen LogP contribution in [0.4, 0.5) is 5.13 Å². The zero-order chi connectivity index (χ0) is 23.3. The molecule has 1 aromatic carbocycles. The minimum atomic E-state index is -0.360. The average Bonchev–Trinajstić information content (AvgIpc) is 3.34. The fourth-order valence-corrected chi connectivity index (χ4v) is 4.56. The van der Waals surface area contributed by atoms with Gasteiger partial charge in [-0.15, -0.1) is 21.5 Å². The maximum Gasteiger partial charge on any atom is 0.251 e. The summed E-state index contributed by atoms with van der Waals surface area (Å²) in [5.74, 6) is 1.13. The molecule has 0 aliphatic carbocycles. The highest BCUT2D eigenvalue weighted by atomic mass is 32.2. The first-order chi connectivity index (χ1) is 15.3. The largest absolute Gasteiger partial charge is 0.497 e. The molecule has 3 rings (SSSR count). The third-order valence-electron chi connectivity index (χ3n) is 4.76. The maximum absolute atomic E-state index is 12.6. The number of aryl methyl sites for hydroxylation is 2. The van der Waals surface area contributed by atoms with Gasteiger partial charge in [0, 0.05) is 17.0 Å². The molecule has 0 saturated carbocycles. The van der Waals surface area contributed by atoms with Crippen molar-refractivity contribution in [2.24, 2.45) is 0 Å². The van der Waals surface area contributed by atoms with Gasteiger partial charge in [-0.3, -0.25) is 9.59 Å². The summed E-state index contributed by atoms with van der Waals surface area (Å²) in [4.78, 5) is 30.3. The van der Waals surface area contributed by atoms with Crippen LogP contribution in [0.3, 0.4) is 0 Å². The molecule has 11 heteroatoms. The van der Waals surface area contributed by atoms with Crippen LogP contribution < -0.4 is 15.4 Å². The summed E-state index contributed by atoms with van der Waals surface area (Å²) in [5, 5.41) is 15.5. The monoisotopic (exact) mass is 474 g/mol. The summed E-state index contributed by atoms with van der Waals surface area (Å²) in [5.41, 5.74) is 1.44. The van der Waals surface area contributed by atoms with E-state index in [1.54, 1.807) is 31.4 Å². The molecule has 1 atom stereocenters. The normalized spacial score (nSPS) is 11.8. The predicted molar refractivity (Wildman–Crippen MR) is 126 cm³/mol. The highest BCUT2D eigenvalue weighted by Gasteiger charge is 2.20. The number of rotatable bonds is 9. The molecule has 32 heavy (non-hydrogen) atoms. The number of carbonyl (C=O) groups is 2. The number of amides is 2. The summed E-state index contributed by atoms with van der Waals surface area (Å²) in [7, 11) is 1.58. The zero-order valence-electron chi connectivity index (χ0n) is 18.6. The first-order valence-electron chi connectivity index (χ1n) is 10.1. The van der Waals surface area contributed by atoms with Crippen LogP contribution in [-0.2, 0) is 11.3 Å². The van der Waals surface area contributed by atoms with Crippen LogP contribution in [0.25, 0.3) is 0 Å². The van der Waals surface area contributed by atoms with Crippen LogP contribution >= 0.6 is 23.1 Å². The van der Waals surface area contributed by atoms with E-state index in [2.05, 4.69) is 25.8 Å². The molecule has 2 aromatic heterocycles. The Morgan fingerprint density at radius 3 is 2.53 bits per heavy atom. The van der Waals surface area contributed by atoms with Gasteiger partial charge in [-0.05, 0) is 52.0 Å². The van der Waals surface area contributed by atoms with Gasteiger partial charge < -0.3 is 19.9 Å². The molecule has 170 valence electrons. The van der Waals surface area contributed by atoms with E-state index in [4.69, 9.17) is 4.74 Å². The molecule has 0 bridgehead atoms. The van der Waals surface area contributed by atoms with Crippen LogP contribution in [0.2, 0.25) is 0 Å². The highest BCUT2D eigenvalue weighted by Crippen LogP contribution is 2.23. The number of methoxy groups -OCH3 is 1. The van der Waals surface area contributed by atoms with Crippen molar-refractivity contribution >= 4 is 40.0 Å². The van der Waals surface area contributed by atoms with Crippen molar-refractivity contribution in [3.05, 3.63) is 46.2 Å². The van der Waals surface area contributed by atoms with Crippen LogP contribution in [0, 0.1) is 13.8 Å². The molecule has 0 radical (unpaired) electrons. The van der Waals surface area contributed by atoms with Gasteiger partial charge in [-0.2, -0.15) is 0 Å². The lowest BCUT2D eigenvalue weighted by atomic mass is 10.2. The van der Waals surface area contributed by atoms with Crippen molar-refractivity contribution in [1.29, 1.82) is 0 Å². The summed E-state index contributed by atoms with van der Waals surface area (Å²) < 4.78 is 7.02. The summed E-state index contributed by atoms with van der Waals surface area (Å²) >= 11 is 2.75. The fraction of sp³-hybridized carbons (Fsp3) is 0.381. The number of benzene rings is 1. The molecule has 2 amide bonds. The van der Waals surface area contributed by atoms with Gasteiger partial charge in [0.2, 0.25) is 5.91 Å². The van der Waals surface area contributed by atoms with Gasteiger partial charge in [-0.25, -0.2) is 4.98 Å². The summed E-state index contributed by atoms with van der Waals surface area (Å²) in [6, 6.07) is 6.53. The number of thioether (sulfide) groups is 1. The number of nitrogens with one attached hydrogen (secondary N) is 2. The van der Waals surface area contributed by atoms with Crippen LogP contribution in [0.1, 0.15) is 46.6 Å². The lowest BCUT2D eigenvalue weighted by molar-refractivity contribution is -0.113. The van der Waals surface area contributed by atoms with E-state index in [-0.39, 0.29) is 23.6 Å². The third kappa shape index (κ3) is 5.65. The molecule has 0 aliphatic rings. The minimum Gasteiger partial charge on any atom is -0.497 e. The molecule has 0 saturated heterocycles. The van der Waals surface area contributed by atoms with E-state index in [9.17, 15) is 9.59 Å². The van der Waals surface area contributed by atoms with Gasteiger partial charge in [0.25, 0.3) is 5.91 Å². The van der Waals surface area contributed by atoms with Crippen molar-refractivity contribution in [2.75, 3.05) is 18.2 Å². The SMILES string of the molecule is CCn1c(SCC(=O)Nc2nc(C)c(C)s2)nnc1C(C)NC(=O)c1ccc(OC)cc1. The first-order valence-corrected chi connectivity index (χ1v) is 11.9. The summed E-state index contributed by atoms with van der Waals surface area (Å²) in [6.45, 7) is 8.31. The Hall–Kier alpha value is -2.92. The Bertz CT molecular complexity index is 1070. The lowest BCUT2D eigenvalue weighted by Crippen LogP contribution is -2.28. The van der Waals surface area contributed by atoms with E-state index in [0.29, 0.717) is 34.0 Å². The van der Waals surface area contributed by atoms with Crippen molar-refractivity contribution in [2.45, 2.75) is 45.4 Å². The summed E-state index contributed by atoms with van der Waals surface area (Å²) in [6.07, 6.45) is 0. The molecule has 9 nitrogen and oxygen atoms in total. The lowest BCUT2D eigenvalue weighted by Gasteiger charge is -2.15. The standard InChI is InChI=1S/C21H26N6O3S2/c1-6-27-18(13(3)22-19(29)15-7-9-16(30-5)10-8-15)25-26-21(27)31-11-17(28)24-20-23-12(2)14(4)32-20/h7-10,13H,6,11H2,1-5H3,(H,22,29)(H,23,24,28). The van der Waals surface area contributed by atoms with Crippen LogP contribution in [-0.4, -0.2) is 44.4 Å². The zero-order valence-corrected chi connectivity index (χ0v) is 20.3. The first kappa shape index (κ1) is 23.7. The molecule has 0 aliphatic heterocycles. The Kier molecular flexibility index (Phi) is 7.86. The van der Waals surface area contributed by atoms with Crippen molar-refractivity contribution < 1.29 is 14.3 Å². The number of thiazole rings is 1. The van der Waals surface area contributed by atoms with Gasteiger partial charge >= 0.3 is 0 Å².